The number of halogens is 1. The SMILES string of the molecule is CCC(=O)c1ccc(OCCOc2ccc(Cl)cc2)cc1. The Balaban J connectivity index is 1.75. The normalized spacial score (nSPS) is 10.2. The quantitative estimate of drug-likeness (QED) is 0.562. The Bertz CT molecular complexity index is 576. The van der Waals surface area contributed by atoms with Gasteiger partial charge in [-0.05, 0) is 48.5 Å². The van der Waals surface area contributed by atoms with Gasteiger partial charge in [0.2, 0.25) is 0 Å². The number of rotatable bonds is 7. The zero-order valence-corrected chi connectivity index (χ0v) is 12.6. The van der Waals surface area contributed by atoms with E-state index in [0.29, 0.717) is 30.2 Å². The molecule has 0 amide bonds. The molecule has 0 saturated carbocycles. The van der Waals surface area contributed by atoms with E-state index in [9.17, 15) is 4.79 Å². The molecule has 2 aromatic rings. The molecule has 0 unspecified atom stereocenters. The molecule has 3 nitrogen and oxygen atoms in total. The van der Waals surface area contributed by atoms with Gasteiger partial charge in [0.15, 0.2) is 5.78 Å². The summed E-state index contributed by atoms with van der Waals surface area (Å²) in [6.07, 6.45) is 0.509. The second-order valence-electron chi connectivity index (χ2n) is 4.45. The second-order valence-corrected chi connectivity index (χ2v) is 4.89. The highest BCUT2D eigenvalue weighted by atomic mass is 35.5. The maximum atomic E-state index is 11.5. The molecule has 0 bridgehead atoms. The Labute approximate surface area is 129 Å². The van der Waals surface area contributed by atoms with Gasteiger partial charge in [0.05, 0.1) is 0 Å². The lowest BCUT2D eigenvalue weighted by Crippen LogP contribution is -2.09. The molecule has 2 aromatic carbocycles. The average molecular weight is 305 g/mol. The molecule has 0 aliphatic carbocycles. The molecule has 4 heteroatoms. The molecule has 0 atom stereocenters. The lowest BCUT2D eigenvalue weighted by atomic mass is 10.1. The summed E-state index contributed by atoms with van der Waals surface area (Å²) in [5.41, 5.74) is 0.710. The zero-order valence-electron chi connectivity index (χ0n) is 11.8. The van der Waals surface area contributed by atoms with E-state index in [-0.39, 0.29) is 5.78 Å². The van der Waals surface area contributed by atoms with Crippen molar-refractivity contribution < 1.29 is 14.3 Å². The molecule has 0 aromatic heterocycles. The van der Waals surface area contributed by atoms with Crippen molar-refractivity contribution in [2.75, 3.05) is 13.2 Å². The van der Waals surface area contributed by atoms with E-state index in [1.165, 1.54) is 0 Å². The van der Waals surface area contributed by atoms with Gasteiger partial charge in [0.25, 0.3) is 0 Å². The van der Waals surface area contributed by atoms with Gasteiger partial charge in [0, 0.05) is 17.0 Å². The number of Topliss-reactive ketones (excluding diaryl/α,β-unsaturated/α-hetero) is 1. The van der Waals surface area contributed by atoms with Crippen LogP contribution >= 0.6 is 11.6 Å². The van der Waals surface area contributed by atoms with Gasteiger partial charge >= 0.3 is 0 Å². The van der Waals surface area contributed by atoms with Crippen molar-refractivity contribution in [3.63, 3.8) is 0 Å². The summed E-state index contributed by atoms with van der Waals surface area (Å²) in [4.78, 5) is 11.5. The van der Waals surface area contributed by atoms with Gasteiger partial charge in [-0.15, -0.1) is 0 Å². The summed E-state index contributed by atoms with van der Waals surface area (Å²) in [6.45, 7) is 2.72. The number of hydrogen-bond donors (Lipinski definition) is 0. The largest absolute Gasteiger partial charge is 0.490 e. The van der Waals surface area contributed by atoms with Gasteiger partial charge < -0.3 is 9.47 Å². The number of ketones is 1. The van der Waals surface area contributed by atoms with Gasteiger partial charge in [-0.2, -0.15) is 0 Å². The molecule has 0 spiro atoms. The lowest BCUT2D eigenvalue weighted by molar-refractivity contribution is 0.0988. The van der Waals surface area contributed by atoms with E-state index in [4.69, 9.17) is 21.1 Å². The third-order valence-corrected chi connectivity index (χ3v) is 3.18. The van der Waals surface area contributed by atoms with Crippen molar-refractivity contribution in [2.45, 2.75) is 13.3 Å². The van der Waals surface area contributed by atoms with E-state index >= 15 is 0 Å². The lowest BCUT2D eigenvalue weighted by Gasteiger charge is -2.08. The van der Waals surface area contributed by atoms with Crippen molar-refractivity contribution in [1.29, 1.82) is 0 Å². The minimum absolute atomic E-state index is 0.132. The molecule has 110 valence electrons. The van der Waals surface area contributed by atoms with Crippen molar-refractivity contribution in [1.82, 2.24) is 0 Å². The summed E-state index contributed by atoms with van der Waals surface area (Å²) in [7, 11) is 0. The second kappa shape index (κ2) is 7.70. The number of carbonyl (C=O) groups is 1. The molecule has 0 aliphatic rings. The molecular formula is C17H17ClO3. The Morgan fingerprint density at radius 2 is 1.38 bits per heavy atom. The Kier molecular flexibility index (Phi) is 5.64. The fraction of sp³-hybridized carbons (Fsp3) is 0.235. The summed E-state index contributed by atoms with van der Waals surface area (Å²) in [6, 6.07) is 14.3. The van der Waals surface area contributed by atoms with Gasteiger partial charge in [-0.3, -0.25) is 4.79 Å². The minimum Gasteiger partial charge on any atom is -0.490 e. The Morgan fingerprint density at radius 1 is 0.905 bits per heavy atom. The average Bonchev–Trinajstić information content (AvgIpc) is 2.53. The first-order chi connectivity index (χ1) is 10.2. The highest BCUT2D eigenvalue weighted by Gasteiger charge is 2.02. The predicted molar refractivity (Wildman–Crippen MR) is 83.5 cm³/mol. The maximum absolute atomic E-state index is 11.5. The highest BCUT2D eigenvalue weighted by Crippen LogP contribution is 2.16. The molecular weight excluding hydrogens is 288 g/mol. The minimum atomic E-state index is 0.132. The molecule has 21 heavy (non-hydrogen) atoms. The van der Waals surface area contributed by atoms with Gasteiger partial charge in [-0.1, -0.05) is 18.5 Å². The van der Waals surface area contributed by atoms with E-state index in [0.717, 1.165) is 11.5 Å². The van der Waals surface area contributed by atoms with Crippen LogP contribution < -0.4 is 9.47 Å². The molecule has 2 rings (SSSR count). The van der Waals surface area contributed by atoms with E-state index in [1.807, 2.05) is 19.1 Å². The summed E-state index contributed by atoms with van der Waals surface area (Å²) < 4.78 is 11.1. The monoisotopic (exact) mass is 304 g/mol. The summed E-state index contributed by atoms with van der Waals surface area (Å²) in [5.74, 6) is 1.61. The van der Waals surface area contributed by atoms with Crippen LogP contribution in [0.15, 0.2) is 48.5 Å². The van der Waals surface area contributed by atoms with E-state index in [1.54, 1.807) is 36.4 Å². The molecule has 0 N–H and O–H groups in total. The standard InChI is InChI=1S/C17H17ClO3/c1-2-17(19)13-3-7-15(8-4-13)20-11-12-21-16-9-5-14(18)6-10-16/h3-10H,2,11-12H2,1H3. The fourth-order valence-corrected chi connectivity index (χ4v) is 1.92. The third-order valence-electron chi connectivity index (χ3n) is 2.93. The van der Waals surface area contributed by atoms with Gasteiger partial charge in [-0.25, -0.2) is 0 Å². The van der Waals surface area contributed by atoms with E-state index < -0.39 is 0 Å². The van der Waals surface area contributed by atoms with Crippen LogP contribution in [0.4, 0.5) is 0 Å². The topological polar surface area (TPSA) is 35.5 Å². The number of ether oxygens (including phenoxy) is 2. The van der Waals surface area contributed by atoms with Crippen LogP contribution in [0.1, 0.15) is 23.7 Å². The van der Waals surface area contributed by atoms with Crippen molar-refractivity contribution in [2.24, 2.45) is 0 Å². The molecule has 0 aliphatic heterocycles. The van der Waals surface area contributed by atoms with Crippen molar-refractivity contribution in [3.8, 4) is 11.5 Å². The predicted octanol–water partition coefficient (Wildman–Crippen LogP) is 4.39. The number of benzene rings is 2. The van der Waals surface area contributed by atoms with Crippen LogP contribution in [0.25, 0.3) is 0 Å². The highest BCUT2D eigenvalue weighted by molar-refractivity contribution is 6.30. The Morgan fingerprint density at radius 3 is 1.86 bits per heavy atom. The molecule has 0 heterocycles. The molecule has 0 radical (unpaired) electrons. The van der Waals surface area contributed by atoms with Crippen LogP contribution in [0.2, 0.25) is 5.02 Å². The van der Waals surface area contributed by atoms with E-state index in [2.05, 4.69) is 0 Å². The van der Waals surface area contributed by atoms with Crippen molar-refractivity contribution >= 4 is 17.4 Å². The van der Waals surface area contributed by atoms with Crippen LogP contribution in [0.5, 0.6) is 11.5 Å². The zero-order chi connectivity index (χ0) is 15.1. The van der Waals surface area contributed by atoms with Crippen LogP contribution in [0.3, 0.4) is 0 Å². The molecule has 0 saturated heterocycles. The smallest absolute Gasteiger partial charge is 0.162 e. The number of carbonyl (C=O) groups excluding carboxylic acids is 1. The van der Waals surface area contributed by atoms with Gasteiger partial charge in [0.1, 0.15) is 24.7 Å². The van der Waals surface area contributed by atoms with Crippen LogP contribution in [-0.2, 0) is 0 Å². The first kappa shape index (κ1) is 15.4. The maximum Gasteiger partial charge on any atom is 0.162 e. The van der Waals surface area contributed by atoms with Crippen LogP contribution in [-0.4, -0.2) is 19.0 Å². The third kappa shape index (κ3) is 4.80. The van der Waals surface area contributed by atoms with Crippen molar-refractivity contribution in [3.05, 3.63) is 59.1 Å². The first-order valence-corrected chi connectivity index (χ1v) is 7.21. The number of hydrogen-bond acceptors (Lipinski definition) is 3. The molecule has 0 fully saturated rings. The first-order valence-electron chi connectivity index (χ1n) is 6.83. The summed E-state index contributed by atoms with van der Waals surface area (Å²) in [5, 5.41) is 0.681. The van der Waals surface area contributed by atoms with Crippen LogP contribution in [0, 0.1) is 0 Å². The fourth-order valence-electron chi connectivity index (χ4n) is 1.79. The summed E-state index contributed by atoms with van der Waals surface area (Å²) >= 11 is 5.79. The Hall–Kier alpha value is -2.00.